The number of hydrazone groups is 1. The van der Waals surface area contributed by atoms with Gasteiger partial charge in [0.15, 0.2) is 0 Å². The van der Waals surface area contributed by atoms with Crippen LogP contribution in [0.2, 0.25) is 0 Å². The van der Waals surface area contributed by atoms with E-state index in [1.807, 2.05) is 12.1 Å². The Bertz CT molecular complexity index is 697. The lowest BCUT2D eigenvalue weighted by atomic mass is 10.1. The summed E-state index contributed by atoms with van der Waals surface area (Å²) in [4.78, 5) is 11.9. The highest BCUT2D eigenvalue weighted by Gasteiger charge is 2.07. The number of phenolic OH excluding ortho intramolecular Hbond substituents is 2. The lowest BCUT2D eigenvalue weighted by Gasteiger charge is -2.05. The number of amides is 1. The summed E-state index contributed by atoms with van der Waals surface area (Å²) < 4.78 is 1.04. The van der Waals surface area contributed by atoms with E-state index in [4.69, 9.17) is 0 Å². The van der Waals surface area contributed by atoms with Gasteiger partial charge in [-0.05, 0) is 65.9 Å². The first-order valence-electron chi connectivity index (χ1n) is 6.10. The summed E-state index contributed by atoms with van der Waals surface area (Å²) in [5.74, 6) is -0.462. The third-order valence-electron chi connectivity index (χ3n) is 2.80. The van der Waals surface area contributed by atoms with Gasteiger partial charge in [-0.1, -0.05) is 0 Å². The van der Waals surface area contributed by atoms with Gasteiger partial charge in [0.05, 0.1) is 5.71 Å². The molecule has 0 fully saturated rings. The summed E-state index contributed by atoms with van der Waals surface area (Å²) in [6.07, 6.45) is 0. The van der Waals surface area contributed by atoms with Crippen molar-refractivity contribution in [1.82, 2.24) is 5.43 Å². The lowest BCUT2D eigenvalue weighted by molar-refractivity contribution is 0.0955. The average molecular weight is 396 g/mol. The van der Waals surface area contributed by atoms with E-state index in [1.54, 1.807) is 19.1 Å². The highest BCUT2D eigenvalue weighted by Crippen LogP contribution is 2.22. The molecule has 0 atom stereocenters. The molecular formula is C15H13IN2O3. The minimum absolute atomic E-state index is 0.0352. The first kappa shape index (κ1) is 15.3. The molecule has 0 saturated carbocycles. The number of phenols is 2. The molecule has 5 nitrogen and oxygen atoms in total. The molecule has 0 aliphatic rings. The maximum Gasteiger partial charge on any atom is 0.271 e. The Morgan fingerprint density at radius 3 is 2.43 bits per heavy atom. The van der Waals surface area contributed by atoms with Crippen molar-refractivity contribution in [2.45, 2.75) is 6.92 Å². The number of benzene rings is 2. The number of nitrogens with one attached hydrogen (secondary N) is 1. The number of carbonyl (C=O) groups excluding carboxylic acids is 1. The Kier molecular flexibility index (Phi) is 4.79. The first-order chi connectivity index (χ1) is 9.97. The quantitative estimate of drug-likeness (QED) is 0.424. The van der Waals surface area contributed by atoms with Gasteiger partial charge < -0.3 is 10.2 Å². The predicted octanol–water partition coefficient (Wildman–Crippen LogP) is 2.86. The van der Waals surface area contributed by atoms with Gasteiger partial charge in [0, 0.05) is 20.8 Å². The fourth-order valence-electron chi connectivity index (χ4n) is 1.69. The van der Waals surface area contributed by atoms with Crippen LogP contribution in [0, 0.1) is 3.57 Å². The number of hydrogen-bond donors (Lipinski definition) is 3. The summed E-state index contributed by atoms with van der Waals surface area (Å²) in [5.41, 5.74) is 3.81. The molecule has 0 saturated heterocycles. The van der Waals surface area contributed by atoms with Gasteiger partial charge in [0.25, 0.3) is 5.91 Å². The standard InChI is InChI=1S/C15H13IN2O3/c1-9(13-7-6-12(19)8-14(13)20)17-18-15(21)10-2-4-11(16)5-3-10/h2-8,19-20H,1H3,(H,18,21)/b17-9-. The van der Waals surface area contributed by atoms with Crippen LogP contribution < -0.4 is 5.43 Å². The zero-order chi connectivity index (χ0) is 15.4. The molecule has 2 aromatic rings. The molecule has 6 heteroatoms. The summed E-state index contributed by atoms with van der Waals surface area (Å²) >= 11 is 2.16. The largest absolute Gasteiger partial charge is 0.508 e. The van der Waals surface area contributed by atoms with Crippen molar-refractivity contribution in [2.24, 2.45) is 5.10 Å². The molecule has 21 heavy (non-hydrogen) atoms. The van der Waals surface area contributed by atoms with Crippen molar-refractivity contribution < 1.29 is 15.0 Å². The maximum atomic E-state index is 11.9. The fourth-order valence-corrected chi connectivity index (χ4v) is 2.05. The molecule has 1 amide bonds. The van der Waals surface area contributed by atoms with Gasteiger partial charge in [0.1, 0.15) is 11.5 Å². The number of nitrogens with zero attached hydrogens (tertiary/aromatic N) is 1. The van der Waals surface area contributed by atoms with Crippen LogP contribution in [0.3, 0.4) is 0 Å². The number of carbonyl (C=O) groups is 1. The fraction of sp³-hybridized carbons (Fsp3) is 0.0667. The Morgan fingerprint density at radius 1 is 1.14 bits per heavy atom. The Balaban J connectivity index is 2.12. The molecule has 2 rings (SSSR count). The van der Waals surface area contributed by atoms with Crippen molar-refractivity contribution >= 4 is 34.2 Å². The lowest BCUT2D eigenvalue weighted by Crippen LogP contribution is -2.19. The van der Waals surface area contributed by atoms with Crippen LogP contribution in [0.4, 0.5) is 0 Å². The second-order valence-corrected chi connectivity index (χ2v) is 5.59. The molecule has 0 bridgehead atoms. The molecule has 0 spiro atoms. The molecule has 0 unspecified atom stereocenters. The van der Waals surface area contributed by atoms with Crippen LogP contribution in [0.15, 0.2) is 47.6 Å². The number of hydrogen-bond acceptors (Lipinski definition) is 4. The average Bonchev–Trinajstić information content (AvgIpc) is 2.45. The van der Waals surface area contributed by atoms with Crippen molar-refractivity contribution in [3.63, 3.8) is 0 Å². The number of rotatable bonds is 3. The van der Waals surface area contributed by atoms with Gasteiger partial charge in [-0.3, -0.25) is 4.79 Å². The normalized spacial score (nSPS) is 11.2. The minimum atomic E-state index is -0.330. The number of aromatic hydroxyl groups is 2. The second kappa shape index (κ2) is 6.57. The highest BCUT2D eigenvalue weighted by atomic mass is 127. The van der Waals surface area contributed by atoms with Crippen molar-refractivity contribution in [1.29, 1.82) is 0 Å². The van der Waals surface area contributed by atoms with E-state index in [9.17, 15) is 15.0 Å². The van der Waals surface area contributed by atoms with Gasteiger partial charge in [0.2, 0.25) is 0 Å². The van der Waals surface area contributed by atoms with E-state index in [0.717, 1.165) is 3.57 Å². The maximum absolute atomic E-state index is 11.9. The van der Waals surface area contributed by atoms with Crippen molar-refractivity contribution in [2.75, 3.05) is 0 Å². The zero-order valence-electron chi connectivity index (χ0n) is 11.2. The molecule has 0 aliphatic heterocycles. The molecule has 3 N–H and O–H groups in total. The predicted molar refractivity (Wildman–Crippen MR) is 88.6 cm³/mol. The van der Waals surface area contributed by atoms with E-state index < -0.39 is 0 Å². The summed E-state index contributed by atoms with van der Waals surface area (Å²) in [7, 11) is 0. The monoisotopic (exact) mass is 396 g/mol. The third-order valence-corrected chi connectivity index (χ3v) is 3.52. The van der Waals surface area contributed by atoms with Crippen LogP contribution in [-0.2, 0) is 0 Å². The van der Waals surface area contributed by atoms with E-state index in [2.05, 4.69) is 33.1 Å². The van der Waals surface area contributed by atoms with E-state index in [-0.39, 0.29) is 17.4 Å². The Hall–Kier alpha value is -2.09. The molecule has 0 heterocycles. The zero-order valence-corrected chi connectivity index (χ0v) is 13.3. The van der Waals surface area contributed by atoms with Gasteiger partial charge in [-0.15, -0.1) is 0 Å². The van der Waals surface area contributed by atoms with E-state index in [0.29, 0.717) is 16.8 Å². The van der Waals surface area contributed by atoms with Gasteiger partial charge >= 0.3 is 0 Å². The molecule has 108 valence electrons. The molecule has 0 aromatic heterocycles. The van der Waals surface area contributed by atoms with E-state index in [1.165, 1.54) is 18.2 Å². The topological polar surface area (TPSA) is 81.9 Å². The Labute approximate surface area is 135 Å². The van der Waals surface area contributed by atoms with Crippen LogP contribution in [-0.4, -0.2) is 21.8 Å². The van der Waals surface area contributed by atoms with Gasteiger partial charge in [-0.2, -0.15) is 5.10 Å². The molecule has 2 aromatic carbocycles. The summed E-state index contributed by atoms with van der Waals surface area (Å²) in [6.45, 7) is 1.65. The van der Waals surface area contributed by atoms with Crippen molar-refractivity contribution in [3.8, 4) is 11.5 Å². The highest BCUT2D eigenvalue weighted by molar-refractivity contribution is 14.1. The second-order valence-electron chi connectivity index (χ2n) is 4.35. The van der Waals surface area contributed by atoms with Crippen LogP contribution in [0.1, 0.15) is 22.8 Å². The SMILES string of the molecule is C/C(=N/NC(=O)c1ccc(I)cc1)c1ccc(O)cc1O. The number of halogens is 1. The van der Waals surface area contributed by atoms with Gasteiger partial charge in [-0.25, -0.2) is 5.43 Å². The molecule has 0 aliphatic carbocycles. The molecule has 0 radical (unpaired) electrons. The smallest absolute Gasteiger partial charge is 0.271 e. The Morgan fingerprint density at radius 2 is 1.81 bits per heavy atom. The van der Waals surface area contributed by atoms with Crippen LogP contribution >= 0.6 is 22.6 Å². The summed E-state index contributed by atoms with van der Waals surface area (Å²) in [6, 6.07) is 11.3. The van der Waals surface area contributed by atoms with E-state index >= 15 is 0 Å². The molecular weight excluding hydrogens is 383 g/mol. The van der Waals surface area contributed by atoms with Crippen LogP contribution in [0.5, 0.6) is 11.5 Å². The minimum Gasteiger partial charge on any atom is -0.508 e. The third kappa shape index (κ3) is 3.94. The summed E-state index contributed by atoms with van der Waals surface area (Å²) in [5, 5.41) is 22.9. The van der Waals surface area contributed by atoms with Crippen molar-refractivity contribution in [3.05, 3.63) is 57.2 Å². The van der Waals surface area contributed by atoms with Crippen LogP contribution in [0.25, 0.3) is 0 Å². The first-order valence-corrected chi connectivity index (χ1v) is 7.18.